The van der Waals surface area contributed by atoms with Crippen LogP contribution in [0.5, 0.6) is 0 Å². The van der Waals surface area contributed by atoms with E-state index in [1.165, 1.54) is 0 Å². The van der Waals surface area contributed by atoms with Gasteiger partial charge < -0.3 is 5.32 Å². The van der Waals surface area contributed by atoms with E-state index in [9.17, 15) is 4.79 Å². The predicted octanol–water partition coefficient (Wildman–Crippen LogP) is 1.26. The standard InChI is InChI=1S/C13H14N4O/c1-2-3-4-5-6-15-13(18)11-9-16-17-8-7-14-10-12(11)17/h1,7-10H,3-6H2,(H,15,18). The van der Waals surface area contributed by atoms with Crippen LogP contribution >= 0.6 is 0 Å². The minimum absolute atomic E-state index is 0.126. The van der Waals surface area contributed by atoms with Gasteiger partial charge in [0.15, 0.2) is 0 Å². The molecule has 0 bridgehead atoms. The second kappa shape index (κ2) is 5.82. The SMILES string of the molecule is C#CCCCCNC(=O)c1cnn2ccncc12. The van der Waals surface area contributed by atoms with E-state index in [4.69, 9.17) is 6.42 Å². The lowest BCUT2D eigenvalue weighted by Crippen LogP contribution is -2.24. The molecule has 0 aliphatic carbocycles. The molecule has 5 heteroatoms. The van der Waals surface area contributed by atoms with Crippen LogP contribution in [0.25, 0.3) is 5.52 Å². The van der Waals surface area contributed by atoms with E-state index in [0.29, 0.717) is 17.6 Å². The summed E-state index contributed by atoms with van der Waals surface area (Å²) in [5, 5.41) is 6.93. The van der Waals surface area contributed by atoms with Gasteiger partial charge in [0.1, 0.15) is 0 Å². The van der Waals surface area contributed by atoms with Crippen LogP contribution in [0.1, 0.15) is 29.6 Å². The number of carbonyl (C=O) groups excluding carboxylic acids is 1. The zero-order chi connectivity index (χ0) is 12.8. The number of unbranched alkanes of at least 4 members (excludes halogenated alkanes) is 2. The number of hydrogen-bond acceptors (Lipinski definition) is 3. The Balaban J connectivity index is 1.95. The molecule has 0 fully saturated rings. The summed E-state index contributed by atoms with van der Waals surface area (Å²) in [4.78, 5) is 15.9. The maximum absolute atomic E-state index is 11.9. The van der Waals surface area contributed by atoms with Gasteiger partial charge in [0, 0.05) is 25.4 Å². The first kappa shape index (κ1) is 12.1. The molecule has 0 aromatic carbocycles. The third kappa shape index (κ3) is 2.66. The van der Waals surface area contributed by atoms with Gasteiger partial charge in [0.05, 0.1) is 23.5 Å². The van der Waals surface area contributed by atoms with Crippen LogP contribution in [-0.4, -0.2) is 27.0 Å². The molecule has 0 aliphatic heterocycles. The Morgan fingerprint density at radius 2 is 2.33 bits per heavy atom. The zero-order valence-corrected chi connectivity index (χ0v) is 9.97. The fourth-order valence-corrected chi connectivity index (χ4v) is 1.66. The first-order valence-electron chi connectivity index (χ1n) is 5.82. The molecule has 0 unspecified atom stereocenters. The van der Waals surface area contributed by atoms with Gasteiger partial charge >= 0.3 is 0 Å². The van der Waals surface area contributed by atoms with Crippen LogP contribution in [0.3, 0.4) is 0 Å². The summed E-state index contributed by atoms with van der Waals surface area (Å²) < 4.78 is 1.63. The van der Waals surface area contributed by atoms with E-state index in [1.807, 2.05) is 0 Å². The number of hydrogen-bond donors (Lipinski definition) is 1. The van der Waals surface area contributed by atoms with Crippen LogP contribution in [0.15, 0.2) is 24.8 Å². The number of carbonyl (C=O) groups is 1. The number of nitrogens with one attached hydrogen (secondary N) is 1. The fourth-order valence-electron chi connectivity index (χ4n) is 1.66. The Hall–Kier alpha value is -2.35. The van der Waals surface area contributed by atoms with Gasteiger partial charge in [0.25, 0.3) is 5.91 Å². The Labute approximate surface area is 105 Å². The molecule has 0 saturated carbocycles. The van der Waals surface area contributed by atoms with E-state index in [0.717, 1.165) is 19.3 Å². The second-order valence-corrected chi connectivity index (χ2v) is 3.88. The molecular weight excluding hydrogens is 228 g/mol. The Kier molecular flexibility index (Phi) is 3.92. The van der Waals surface area contributed by atoms with Crippen LogP contribution < -0.4 is 5.32 Å². The summed E-state index contributed by atoms with van der Waals surface area (Å²) in [6.45, 7) is 0.623. The summed E-state index contributed by atoms with van der Waals surface area (Å²) in [5.74, 6) is 2.45. The number of terminal acetylenes is 1. The van der Waals surface area contributed by atoms with Gasteiger partial charge in [-0.15, -0.1) is 12.3 Å². The maximum Gasteiger partial charge on any atom is 0.255 e. The largest absolute Gasteiger partial charge is 0.352 e. The first-order valence-corrected chi connectivity index (χ1v) is 5.82. The van der Waals surface area contributed by atoms with Crippen molar-refractivity contribution in [1.29, 1.82) is 0 Å². The molecule has 2 aromatic heterocycles. The quantitative estimate of drug-likeness (QED) is 0.634. The molecule has 0 radical (unpaired) electrons. The number of amides is 1. The van der Waals surface area contributed by atoms with E-state index in [-0.39, 0.29) is 5.91 Å². The van der Waals surface area contributed by atoms with Crippen LogP contribution in [0.4, 0.5) is 0 Å². The topological polar surface area (TPSA) is 59.3 Å². The van der Waals surface area contributed by atoms with Crippen LogP contribution in [0.2, 0.25) is 0 Å². The van der Waals surface area contributed by atoms with E-state index in [1.54, 1.807) is 29.3 Å². The van der Waals surface area contributed by atoms with Crippen molar-refractivity contribution in [3.05, 3.63) is 30.4 Å². The molecule has 0 atom stereocenters. The molecule has 0 spiro atoms. The highest BCUT2D eigenvalue weighted by Crippen LogP contribution is 2.08. The molecule has 2 rings (SSSR count). The van der Waals surface area contributed by atoms with Crippen LogP contribution in [0, 0.1) is 12.3 Å². The smallest absolute Gasteiger partial charge is 0.255 e. The Morgan fingerprint density at radius 3 is 3.17 bits per heavy atom. The van der Waals surface area contributed by atoms with E-state index >= 15 is 0 Å². The molecule has 1 amide bonds. The van der Waals surface area contributed by atoms with Crippen molar-refractivity contribution >= 4 is 11.4 Å². The molecule has 5 nitrogen and oxygen atoms in total. The third-order valence-electron chi connectivity index (χ3n) is 2.60. The van der Waals surface area contributed by atoms with E-state index < -0.39 is 0 Å². The van der Waals surface area contributed by atoms with Gasteiger partial charge in [-0.2, -0.15) is 5.10 Å². The fraction of sp³-hybridized carbons (Fsp3) is 0.308. The summed E-state index contributed by atoms with van der Waals surface area (Å²) in [5.41, 5.74) is 1.25. The average molecular weight is 242 g/mol. The highest BCUT2D eigenvalue weighted by molar-refractivity contribution is 6.00. The Morgan fingerprint density at radius 1 is 1.44 bits per heavy atom. The van der Waals surface area contributed by atoms with Crippen LogP contribution in [-0.2, 0) is 0 Å². The molecule has 0 saturated heterocycles. The number of rotatable bonds is 5. The van der Waals surface area contributed by atoms with Gasteiger partial charge in [0.2, 0.25) is 0 Å². The van der Waals surface area contributed by atoms with Crippen molar-refractivity contribution < 1.29 is 4.79 Å². The predicted molar refractivity (Wildman–Crippen MR) is 68.0 cm³/mol. The summed E-state index contributed by atoms with van der Waals surface area (Å²) in [6.07, 6.45) is 14.2. The lowest BCUT2D eigenvalue weighted by molar-refractivity contribution is 0.0954. The molecule has 18 heavy (non-hydrogen) atoms. The summed E-state index contributed by atoms with van der Waals surface area (Å²) >= 11 is 0. The molecule has 2 heterocycles. The van der Waals surface area contributed by atoms with Gasteiger partial charge in [-0.1, -0.05) is 0 Å². The van der Waals surface area contributed by atoms with E-state index in [2.05, 4.69) is 21.3 Å². The van der Waals surface area contributed by atoms with Crippen molar-refractivity contribution in [3.8, 4) is 12.3 Å². The second-order valence-electron chi connectivity index (χ2n) is 3.88. The van der Waals surface area contributed by atoms with Crippen molar-refractivity contribution in [2.24, 2.45) is 0 Å². The summed E-state index contributed by atoms with van der Waals surface area (Å²) in [6, 6.07) is 0. The average Bonchev–Trinajstić information content (AvgIpc) is 2.82. The van der Waals surface area contributed by atoms with Crippen molar-refractivity contribution in [2.75, 3.05) is 6.54 Å². The molecule has 92 valence electrons. The van der Waals surface area contributed by atoms with Gasteiger partial charge in [-0.25, -0.2) is 4.52 Å². The minimum Gasteiger partial charge on any atom is -0.352 e. The number of fused-ring (bicyclic) bond motifs is 1. The van der Waals surface area contributed by atoms with Gasteiger partial charge in [-0.3, -0.25) is 9.78 Å². The lowest BCUT2D eigenvalue weighted by atomic mass is 10.2. The Bertz CT molecular complexity index is 582. The maximum atomic E-state index is 11.9. The molecule has 0 aliphatic rings. The third-order valence-corrected chi connectivity index (χ3v) is 2.60. The monoisotopic (exact) mass is 242 g/mol. The van der Waals surface area contributed by atoms with Gasteiger partial charge in [-0.05, 0) is 12.8 Å². The molecule has 2 aromatic rings. The molecular formula is C13H14N4O. The minimum atomic E-state index is -0.126. The normalized spacial score (nSPS) is 10.2. The van der Waals surface area contributed by atoms with Crippen molar-refractivity contribution in [2.45, 2.75) is 19.3 Å². The lowest BCUT2D eigenvalue weighted by Gasteiger charge is -2.02. The highest BCUT2D eigenvalue weighted by Gasteiger charge is 2.11. The summed E-state index contributed by atoms with van der Waals surface area (Å²) in [7, 11) is 0. The van der Waals surface area contributed by atoms with Crippen molar-refractivity contribution in [1.82, 2.24) is 19.9 Å². The zero-order valence-electron chi connectivity index (χ0n) is 9.97. The highest BCUT2D eigenvalue weighted by atomic mass is 16.1. The number of aromatic nitrogens is 3. The molecule has 1 N–H and O–H groups in total. The van der Waals surface area contributed by atoms with Crippen molar-refractivity contribution in [3.63, 3.8) is 0 Å². The first-order chi connectivity index (χ1) is 8.83. The number of nitrogens with zero attached hydrogens (tertiary/aromatic N) is 3.